The summed E-state index contributed by atoms with van der Waals surface area (Å²) in [4.78, 5) is 25.2. The van der Waals surface area contributed by atoms with Gasteiger partial charge in [-0.05, 0) is 90.1 Å². The minimum absolute atomic E-state index is 0.0221. The van der Waals surface area contributed by atoms with Crippen LogP contribution in [-0.4, -0.2) is 22.5 Å². The highest BCUT2D eigenvalue weighted by Gasteiger charge is 2.35. The number of hydrogen-bond acceptors (Lipinski definition) is 3. The van der Waals surface area contributed by atoms with Crippen molar-refractivity contribution in [3.8, 4) is 5.75 Å². The molecule has 3 aromatic rings. The molecule has 0 heterocycles. The summed E-state index contributed by atoms with van der Waals surface area (Å²) in [5.41, 5.74) is 3.83. The van der Waals surface area contributed by atoms with E-state index in [2.05, 4.69) is 11.4 Å². The summed E-state index contributed by atoms with van der Waals surface area (Å²) in [6.45, 7) is 3.75. The summed E-state index contributed by atoms with van der Waals surface area (Å²) < 4.78 is 18.8. The molecule has 0 saturated heterocycles. The van der Waals surface area contributed by atoms with Gasteiger partial charge in [0, 0.05) is 11.5 Å². The van der Waals surface area contributed by atoms with Gasteiger partial charge in [0.1, 0.15) is 23.7 Å². The number of carboxylic acids is 1. The van der Waals surface area contributed by atoms with Crippen LogP contribution in [0, 0.1) is 12.7 Å². The average molecular weight is 560 g/mol. The Morgan fingerprint density at radius 1 is 1.05 bits per heavy atom. The molecular weight excluding hydrogens is 529 g/mol. The van der Waals surface area contributed by atoms with Gasteiger partial charge >= 0.3 is 5.97 Å². The summed E-state index contributed by atoms with van der Waals surface area (Å²) in [5, 5.41) is 13.4. The molecule has 0 aromatic heterocycles. The fraction of sp³-hybridized carbons (Fsp3) is 0.212. The Labute approximate surface area is 238 Å². The molecule has 4 rings (SSSR count). The lowest BCUT2D eigenvalue weighted by molar-refractivity contribution is -0.146. The maximum absolute atomic E-state index is 13.1. The zero-order valence-electron chi connectivity index (χ0n) is 22.4. The minimum Gasteiger partial charge on any atom is -0.489 e. The molecular formula is C33H31ClFNO4. The molecule has 1 atom stereocenters. The van der Waals surface area contributed by atoms with Gasteiger partial charge in [0.25, 0.3) is 0 Å². The second-order valence-electron chi connectivity index (χ2n) is 10.1. The van der Waals surface area contributed by atoms with Crippen LogP contribution in [0.2, 0.25) is 0 Å². The number of ether oxygens (including phenoxy) is 1. The number of aryl methyl sites for hydroxylation is 1. The summed E-state index contributed by atoms with van der Waals surface area (Å²) in [7, 11) is 0. The quantitative estimate of drug-likeness (QED) is 0.282. The number of benzene rings is 3. The molecule has 7 heteroatoms. The largest absolute Gasteiger partial charge is 0.489 e. The van der Waals surface area contributed by atoms with E-state index in [-0.39, 0.29) is 25.3 Å². The maximum Gasteiger partial charge on any atom is 0.329 e. The van der Waals surface area contributed by atoms with Crippen molar-refractivity contribution in [2.75, 3.05) is 0 Å². The predicted octanol–water partition coefficient (Wildman–Crippen LogP) is 6.92. The highest BCUT2D eigenvalue weighted by molar-refractivity contribution is 6.32. The third-order valence-electron chi connectivity index (χ3n) is 6.76. The van der Waals surface area contributed by atoms with Crippen LogP contribution in [-0.2, 0) is 29.0 Å². The fourth-order valence-corrected chi connectivity index (χ4v) is 4.66. The third-order valence-corrected chi connectivity index (χ3v) is 6.99. The average Bonchev–Trinajstić information content (AvgIpc) is 3.14. The van der Waals surface area contributed by atoms with Crippen LogP contribution >= 0.6 is 11.6 Å². The summed E-state index contributed by atoms with van der Waals surface area (Å²) in [5.74, 6) is -1.20. The Hall–Kier alpha value is -4.16. The van der Waals surface area contributed by atoms with E-state index in [4.69, 9.17) is 16.3 Å². The van der Waals surface area contributed by atoms with Crippen molar-refractivity contribution in [2.24, 2.45) is 0 Å². The van der Waals surface area contributed by atoms with Crippen molar-refractivity contribution in [2.45, 2.75) is 45.3 Å². The van der Waals surface area contributed by atoms with E-state index in [1.165, 1.54) is 19.1 Å². The summed E-state index contributed by atoms with van der Waals surface area (Å²) >= 11 is 6.23. The number of aliphatic carboxylic acids is 1. The molecule has 1 amide bonds. The number of carboxylic acid groups (broad SMARTS) is 1. The van der Waals surface area contributed by atoms with Crippen LogP contribution in [0.25, 0.3) is 5.57 Å². The van der Waals surface area contributed by atoms with Gasteiger partial charge in [0.05, 0.1) is 6.42 Å². The van der Waals surface area contributed by atoms with Crippen molar-refractivity contribution in [3.05, 3.63) is 130 Å². The first-order valence-corrected chi connectivity index (χ1v) is 13.3. The molecule has 0 aliphatic heterocycles. The van der Waals surface area contributed by atoms with Gasteiger partial charge in [-0.15, -0.1) is 0 Å². The first-order valence-electron chi connectivity index (χ1n) is 13.0. The van der Waals surface area contributed by atoms with Crippen molar-refractivity contribution in [1.82, 2.24) is 5.32 Å². The van der Waals surface area contributed by atoms with Crippen LogP contribution in [0.1, 0.15) is 41.2 Å². The van der Waals surface area contributed by atoms with Gasteiger partial charge in [-0.2, -0.15) is 0 Å². The lowest BCUT2D eigenvalue weighted by atomic mass is 9.88. The van der Waals surface area contributed by atoms with Gasteiger partial charge in [-0.25, -0.2) is 9.18 Å². The number of carbonyl (C=O) groups excluding carboxylic acids is 1. The normalized spacial score (nSPS) is 14.4. The van der Waals surface area contributed by atoms with Crippen molar-refractivity contribution < 1.29 is 23.8 Å². The van der Waals surface area contributed by atoms with Crippen LogP contribution in [0.15, 0.2) is 96.1 Å². The van der Waals surface area contributed by atoms with E-state index >= 15 is 0 Å². The Bertz CT molecular complexity index is 1480. The van der Waals surface area contributed by atoms with Gasteiger partial charge in [-0.1, -0.05) is 66.2 Å². The molecule has 0 bridgehead atoms. The Balaban J connectivity index is 1.38. The van der Waals surface area contributed by atoms with Gasteiger partial charge in [0.2, 0.25) is 5.91 Å². The highest BCUT2D eigenvalue weighted by Crippen LogP contribution is 2.27. The third kappa shape index (κ3) is 7.70. The molecule has 1 unspecified atom stereocenters. The number of carbonyl (C=O) groups is 2. The van der Waals surface area contributed by atoms with E-state index < -0.39 is 17.4 Å². The van der Waals surface area contributed by atoms with E-state index in [9.17, 15) is 19.1 Å². The zero-order valence-corrected chi connectivity index (χ0v) is 23.2. The van der Waals surface area contributed by atoms with Crippen molar-refractivity contribution in [1.29, 1.82) is 0 Å². The van der Waals surface area contributed by atoms with E-state index in [1.54, 1.807) is 36.4 Å². The number of nitrogens with one attached hydrogen (secondary N) is 1. The minimum atomic E-state index is -1.49. The molecule has 0 fully saturated rings. The molecule has 3 aromatic carbocycles. The standard InChI is InChI=1S/C33H31ClFNO4/c1-22-17-26(25-5-3-4-6-28(34)19-25)11-12-27(22)20-33(2,32(38)39)36-31(37)18-23-9-15-30(16-10-23)40-21-24-7-13-29(35)14-8-24/h4-17,19H,3,18,20-21H2,1-2H3,(H,36,37)(H,38,39). The summed E-state index contributed by atoms with van der Waals surface area (Å²) in [6.07, 6.45) is 8.79. The second kappa shape index (κ2) is 12.8. The molecule has 206 valence electrons. The molecule has 5 nitrogen and oxygen atoms in total. The van der Waals surface area contributed by atoms with Gasteiger partial charge in [0.15, 0.2) is 0 Å². The lowest BCUT2D eigenvalue weighted by Gasteiger charge is -2.27. The topological polar surface area (TPSA) is 75.6 Å². The molecule has 1 aliphatic carbocycles. The fourth-order valence-electron chi connectivity index (χ4n) is 4.45. The van der Waals surface area contributed by atoms with E-state index in [1.807, 2.05) is 43.4 Å². The first-order chi connectivity index (χ1) is 19.1. The number of allylic oxidation sites excluding steroid dienone is 6. The molecule has 0 saturated carbocycles. The highest BCUT2D eigenvalue weighted by atomic mass is 35.5. The molecule has 1 aliphatic rings. The summed E-state index contributed by atoms with van der Waals surface area (Å²) in [6, 6.07) is 19.0. The maximum atomic E-state index is 13.1. The molecule has 0 spiro atoms. The predicted molar refractivity (Wildman–Crippen MR) is 156 cm³/mol. The number of halogens is 2. The first kappa shape index (κ1) is 28.8. The lowest BCUT2D eigenvalue weighted by Crippen LogP contribution is -2.54. The smallest absolute Gasteiger partial charge is 0.329 e. The number of amides is 1. The second-order valence-corrected chi connectivity index (χ2v) is 10.5. The Morgan fingerprint density at radius 2 is 1.75 bits per heavy atom. The number of hydrogen-bond donors (Lipinski definition) is 2. The van der Waals surface area contributed by atoms with Crippen LogP contribution in [0.4, 0.5) is 4.39 Å². The SMILES string of the molecule is Cc1cc(C2=CCC=CC(Cl)=C2)ccc1CC(C)(NC(=O)Cc1ccc(OCc2ccc(F)cc2)cc1)C(=O)O. The van der Waals surface area contributed by atoms with E-state index in [0.29, 0.717) is 10.8 Å². The molecule has 2 N–H and O–H groups in total. The van der Waals surface area contributed by atoms with Gasteiger partial charge < -0.3 is 15.2 Å². The van der Waals surface area contributed by atoms with Crippen molar-refractivity contribution >= 4 is 29.1 Å². The van der Waals surface area contributed by atoms with Crippen LogP contribution in [0.3, 0.4) is 0 Å². The Morgan fingerprint density at radius 3 is 2.42 bits per heavy atom. The zero-order chi connectivity index (χ0) is 28.7. The van der Waals surface area contributed by atoms with Crippen molar-refractivity contribution in [3.63, 3.8) is 0 Å². The van der Waals surface area contributed by atoms with Crippen LogP contribution in [0.5, 0.6) is 5.75 Å². The number of rotatable bonds is 10. The Kier molecular flexibility index (Phi) is 9.22. The monoisotopic (exact) mass is 559 g/mol. The van der Waals surface area contributed by atoms with E-state index in [0.717, 1.165) is 39.8 Å². The van der Waals surface area contributed by atoms with Gasteiger partial charge in [-0.3, -0.25) is 4.79 Å². The van der Waals surface area contributed by atoms with Crippen LogP contribution < -0.4 is 10.1 Å². The molecule has 0 radical (unpaired) electrons. The molecule has 40 heavy (non-hydrogen) atoms.